The van der Waals surface area contributed by atoms with Crippen LogP contribution >= 0.6 is 0 Å². The average Bonchev–Trinajstić information content (AvgIpc) is 2.88. The second kappa shape index (κ2) is 11.4. The van der Waals surface area contributed by atoms with Gasteiger partial charge < -0.3 is 15.5 Å². The van der Waals surface area contributed by atoms with Gasteiger partial charge in [-0.25, -0.2) is 22.9 Å². The van der Waals surface area contributed by atoms with E-state index in [4.69, 9.17) is 0 Å². The minimum Gasteiger partial charge on any atom is -0.326 e. The second-order valence-corrected chi connectivity index (χ2v) is 10.8. The van der Waals surface area contributed by atoms with Gasteiger partial charge in [-0.1, -0.05) is 36.4 Å². The summed E-state index contributed by atoms with van der Waals surface area (Å²) in [6.07, 6.45) is -1.56. The van der Waals surface area contributed by atoms with Gasteiger partial charge in [0.15, 0.2) is 0 Å². The lowest BCUT2D eigenvalue weighted by Gasteiger charge is -2.32. The van der Waals surface area contributed by atoms with Crippen LogP contribution in [-0.4, -0.2) is 44.2 Å². The summed E-state index contributed by atoms with van der Waals surface area (Å²) in [5.74, 6) is -0.313. The summed E-state index contributed by atoms with van der Waals surface area (Å²) < 4.78 is 63.6. The first-order valence-corrected chi connectivity index (χ1v) is 13.8. The van der Waals surface area contributed by atoms with Crippen LogP contribution in [0.15, 0.2) is 66.9 Å². The Hall–Kier alpha value is -3.97. The molecule has 2 aromatic carbocycles. The molecule has 1 aromatic heterocycles. The van der Waals surface area contributed by atoms with Gasteiger partial charge >= 0.3 is 12.2 Å². The molecule has 2 heterocycles. The summed E-state index contributed by atoms with van der Waals surface area (Å²) in [7, 11) is -3.36. The van der Waals surface area contributed by atoms with Crippen LogP contribution in [-0.2, 0) is 27.5 Å². The molecule has 0 aliphatic carbocycles. The maximum Gasteiger partial charge on any atom is 0.433 e. The molecule has 3 amide bonds. The Kier molecular flexibility index (Phi) is 8.21. The van der Waals surface area contributed by atoms with Crippen LogP contribution in [0, 0.1) is 0 Å². The number of pyridine rings is 1. The average molecular weight is 562 g/mol. The number of anilines is 2. The van der Waals surface area contributed by atoms with Gasteiger partial charge in [0.2, 0.25) is 15.9 Å². The van der Waals surface area contributed by atoms with E-state index >= 15 is 0 Å². The number of carbonyl (C=O) groups is 2. The Labute approximate surface area is 223 Å². The van der Waals surface area contributed by atoms with Gasteiger partial charge in [-0.15, -0.1) is 0 Å². The van der Waals surface area contributed by atoms with E-state index in [1.165, 1.54) is 0 Å². The summed E-state index contributed by atoms with van der Waals surface area (Å²) in [4.78, 5) is 30.4. The Morgan fingerprint density at radius 2 is 1.79 bits per heavy atom. The van der Waals surface area contributed by atoms with Crippen molar-refractivity contribution in [2.24, 2.45) is 0 Å². The van der Waals surface area contributed by atoms with E-state index in [0.717, 1.165) is 41.3 Å². The second-order valence-electron chi connectivity index (χ2n) is 9.01. The van der Waals surface area contributed by atoms with Crippen LogP contribution in [0.4, 0.5) is 29.3 Å². The van der Waals surface area contributed by atoms with Crippen molar-refractivity contribution in [1.82, 2.24) is 15.0 Å². The molecule has 0 spiro atoms. The molecule has 0 saturated carbocycles. The maximum atomic E-state index is 13.1. The standard InChI is InChI=1S/C26H26F3N5O4S/c1-39(37,38)31-15-18-5-2-3-6-21(18)17-8-11-20(12-9-17)34-14-4-7-22(24(34)35)33-25(36)32-19-10-13-23(30-16-19)26(27,28)29/h2-3,5-6,8-13,16,22,31H,4,7,14-15H2,1H3,(H2,32,33,36)/t22-/m1/s1. The van der Waals surface area contributed by atoms with Crippen molar-refractivity contribution >= 4 is 33.3 Å². The molecular formula is C26H26F3N5O4S. The number of carbonyl (C=O) groups excluding carboxylic acids is 2. The molecule has 0 radical (unpaired) electrons. The van der Waals surface area contributed by atoms with Crippen LogP contribution in [0.2, 0.25) is 0 Å². The van der Waals surface area contributed by atoms with Crippen LogP contribution in [0.3, 0.4) is 0 Å². The highest BCUT2D eigenvalue weighted by atomic mass is 32.2. The molecule has 3 aromatic rings. The number of sulfonamides is 1. The van der Waals surface area contributed by atoms with Gasteiger partial charge in [0.1, 0.15) is 11.7 Å². The Morgan fingerprint density at radius 1 is 1.08 bits per heavy atom. The quantitative estimate of drug-likeness (QED) is 0.401. The molecule has 0 bridgehead atoms. The zero-order chi connectivity index (χ0) is 28.2. The van der Waals surface area contributed by atoms with Crippen LogP contribution in [0.25, 0.3) is 11.1 Å². The molecule has 1 atom stereocenters. The highest BCUT2D eigenvalue weighted by Crippen LogP contribution is 2.29. The number of hydrogen-bond acceptors (Lipinski definition) is 5. The van der Waals surface area contributed by atoms with E-state index in [0.29, 0.717) is 25.1 Å². The van der Waals surface area contributed by atoms with Crippen LogP contribution in [0.5, 0.6) is 0 Å². The van der Waals surface area contributed by atoms with E-state index < -0.39 is 34.0 Å². The molecule has 9 nitrogen and oxygen atoms in total. The van der Waals surface area contributed by atoms with E-state index in [9.17, 15) is 31.2 Å². The molecule has 1 fully saturated rings. The first-order chi connectivity index (χ1) is 18.4. The number of urea groups is 1. The lowest BCUT2D eigenvalue weighted by Crippen LogP contribution is -2.53. The first kappa shape index (κ1) is 28.0. The predicted octanol–water partition coefficient (Wildman–Crippen LogP) is 4.13. The third kappa shape index (κ3) is 7.33. The van der Waals surface area contributed by atoms with Gasteiger partial charge in [0.05, 0.1) is 18.1 Å². The zero-order valence-electron chi connectivity index (χ0n) is 20.8. The number of benzene rings is 2. The number of amides is 3. The minimum absolute atomic E-state index is 0.0585. The molecule has 0 unspecified atom stereocenters. The van der Waals surface area contributed by atoms with E-state index in [-0.39, 0.29) is 18.1 Å². The molecular weight excluding hydrogens is 535 g/mol. The number of piperidine rings is 1. The fourth-order valence-corrected chi connectivity index (χ4v) is 4.63. The summed E-state index contributed by atoms with van der Waals surface area (Å²) in [5.41, 5.74) is 2.10. The van der Waals surface area contributed by atoms with Crippen molar-refractivity contribution < 1.29 is 31.2 Å². The van der Waals surface area contributed by atoms with Crippen molar-refractivity contribution in [3.8, 4) is 11.1 Å². The molecule has 1 saturated heterocycles. The topological polar surface area (TPSA) is 120 Å². The third-order valence-corrected chi connectivity index (χ3v) is 6.76. The normalized spacial score (nSPS) is 16.2. The molecule has 3 N–H and O–H groups in total. The Bertz CT molecular complexity index is 1450. The van der Waals surface area contributed by atoms with E-state index in [2.05, 4.69) is 20.3 Å². The lowest BCUT2D eigenvalue weighted by atomic mass is 9.98. The highest BCUT2D eigenvalue weighted by Gasteiger charge is 2.33. The summed E-state index contributed by atoms with van der Waals surface area (Å²) >= 11 is 0. The third-order valence-electron chi connectivity index (χ3n) is 6.09. The molecule has 1 aliphatic heterocycles. The number of nitrogens with one attached hydrogen (secondary N) is 3. The first-order valence-electron chi connectivity index (χ1n) is 12.0. The summed E-state index contributed by atoms with van der Waals surface area (Å²) in [6.45, 7) is 0.592. The number of aromatic nitrogens is 1. The number of halogens is 3. The fourth-order valence-electron chi connectivity index (χ4n) is 4.21. The van der Waals surface area contributed by atoms with Crippen LogP contribution < -0.4 is 20.3 Å². The van der Waals surface area contributed by atoms with Crippen LogP contribution in [0.1, 0.15) is 24.1 Å². The molecule has 13 heteroatoms. The molecule has 206 valence electrons. The van der Waals surface area contributed by atoms with Crippen molar-refractivity contribution in [2.45, 2.75) is 31.6 Å². The minimum atomic E-state index is -4.59. The van der Waals surface area contributed by atoms with Gasteiger partial charge in [0, 0.05) is 18.8 Å². The van der Waals surface area contributed by atoms with E-state index in [1.54, 1.807) is 17.0 Å². The maximum absolute atomic E-state index is 13.1. The van der Waals surface area contributed by atoms with Gasteiger partial charge in [0.25, 0.3) is 0 Å². The Balaban J connectivity index is 1.41. The van der Waals surface area contributed by atoms with Gasteiger partial charge in [-0.05, 0) is 53.8 Å². The van der Waals surface area contributed by atoms with Gasteiger partial charge in [-0.3, -0.25) is 4.79 Å². The highest BCUT2D eigenvalue weighted by molar-refractivity contribution is 7.88. The van der Waals surface area contributed by atoms with Crippen molar-refractivity contribution in [1.29, 1.82) is 0 Å². The van der Waals surface area contributed by atoms with Crippen molar-refractivity contribution in [3.05, 3.63) is 78.1 Å². The van der Waals surface area contributed by atoms with Gasteiger partial charge in [-0.2, -0.15) is 13.2 Å². The lowest BCUT2D eigenvalue weighted by molar-refractivity contribution is -0.141. The van der Waals surface area contributed by atoms with Crippen molar-refractivity contribution in [2.75, 3.05) is 23.0 Å². The monoisotopic (exact) mass is 561 g/mol. The smallest absolute Gasteiger partial charge is 0.326 e. The van der Waals surface area contributed by atoms with E-state index in [1.807, 2.05) is 36.4 Å². The number of rotatable bonds is 7. The number of alkyl halides is 3. The summed E-state index contributed by atoms with van der Waals surface area (Å²) in [5, 5.41) is 4.99. The molecule has 1 aliphatic rings. The number of hydrogen-bond donors (Lipinski definition) is 3. The molecule has 39 heavy (non-hydrogen) atoms. The number of nitrogens with zero attached hydrogens (tertiary/aromatic N) is 2. The summed E-state index contributed by atoms with van der Waals surface area (Å²) in [6, 6.07) is 14.9. The van der Waals surface area contributed by atoms with Crippen molar-refractivity contribution in [3.63, 3.8) is 0 Å². The zero-order valence-corrected chi connectivity index (χ0v) is 21.6. The Morgan fingerprint density at radius 3 is 2.44 bits per heavy atom. The fraction of sp³-hybridized carbons (Fsp3) is 0.269. The molecule has 4 rings (SSSR count). The predicted molar refractivity (Wildman–Crippen MR) is 140 cm³/mol. The largest absolute Gasteiger partial charge is 0.433 e. The SMILES string of the molecule is CS(=O)(=O)NCc1ccccc1-c1ccc(N2CCC[C@@H](NC(=O)Nc3ccc(C(F)(F)F)nc3)C2=O)cc1.